The third-order valence-electron chi connectivity index (χ3n) is 2.20. The Labute approximate surface area is 93.7 Å². The maximum Gasteiger partial charge on any atom is 0.229 e. The molecule has 0 fully saturated rings. The van der Waals surface area contributed by atoms with Crippen molar-refractivity contribution in [2.24, 2.45) is 5.41 Å². The number of amides is 1. The van der Waals surface area contributed by atoms with Crippen molar-refractivity contribution < 1.29 is 13.6 Å². The molecule has 0 aliphatic carbocycles. The number of halogens is 2. The van der Waals surface area contributed by atoms with Crippen LogP contribution in [0.3, 0.4) is 0 Å². The zero-order valence-electron chi connectivity index (χ0n) is 9.82. The topological polar surface area (TPSA) is 29.1 Å². The summed E-state index contributed by atoms with van der Waals surface area (Å²) < 4.78 is 26.9. The average molecular weight is 227 g/mol. The fraction of sp³-hybridized carbons (Fsp3) is 0.417. The van der Waals surface area contributed by atoms with Gasteiger partial charge >= 0.3 is 0 Å². The minimum absolute atomic E-state index is 0.297. The number of hydrogen-bond acceptors (Lipinski definition) is 1. The molecule has 0 heterocycles. The van der Waals surface area contributed by atoms with Crippen molar-refractivity contribution in [3.8, 4) is 0 Å². The highest BCUT2D eigenvalue weighted by atomic mass is 19.1. The van der Waals surface area contributed by atoms with E-state index in [1.165, 1.54) is 13.0 Å². The largest absolute Gasteiger partial charge is 0.321 e. The van der Waals surface area contributed by atoms with Gasteiger partial charge in [0.15, 0.2) is 5.82 Å². The van der Waals surface area contributed by atoms with E-state index in [-0.39, 0.29) is 5.69 Å². The van der Waals surface area contributed by atoms with Crippen LogP contribution in [0.5, 0.6) is 0 Å². The van der Waals surface area contributed by atoms with Crippen LogP contribution in [0.1, 0.15) is 26.3 Å². The number of rotatable bonds is 1. The second-order valence-corrected chi connectivity index (χ2v) is 4.76. The van der Waals surface area contributed by atoms with Crippen molar-refractivity contribution in [3.63, 3.8) is 0 Å². The summed E-state index contributed by atoms with van der Waals surface area (Å²) in [5.41, 5.74) is -0.770. The molecule has 0 aromatic heterocycles. The Morgan fingerprint density at radius 3 is 2.31 bits per heavy atom. The molecule has 0 atom stereocenters. The Morgan fingerprint density at radius 1 is 1.25 bits per heavy atom. The summed E-state index contributed by atoms with van der Waals surface area (Å²) in [5, 5.41) is 2.27. The van der Waals surface area contributed by atoms with Crippen molar-refractivity contribution in [1.29, 1.82) is 0 Å². The minimum atomic E-state index is -0.763. The molecular formula is C12H15F2NO. The van der Waals surface area contributed by atoms with Crippen LogP contribution in [0.4, 0.5) is 14.5 Å². The summed E-state index contributed by atoms with van der Waals surface area (Å²) in [4.78, 5) is 11.6. The van der Waals surface area contributed by atoms with E-state index in [0.717, 1.165) is 6.07 Å². The highest BCUT2D eigenvalue weighted by molar-refractivity contribution is 5.94. The number of carbonyl (C=O) groups excluding carboxylic acids is 1. The molecule has 4 heteroatoms. The van der Waals surface area contributed by atoms with Crippen LogP contribution < -0.4 is 5.32 Å². The lowest BCUT2D eigenvalue weighted by atomic mass is 9.95. The molecule has 0 aliphatic heterocycles. The highest BCUT2D eigenvalue weighted by Crippen LogP contribution is 2.24. The van der Waals surface area contributed by atoms with Gasteiger partial charge in [0.05, 0.1) is 0 Å². The van der Waals surface area contributed by atoms with Gasteiger partial charge in [0.1, 0.15) is 11.5 Å². The number of hydrogen-bond donors (Lipinski definition) is 1. The summed E-state index contributed by atoms with van der Waals surface area (Å²) >= 11 is 0. The molecule has 0 unspecified atom stereocenters. The van der Waals surface area contributed by atoms with Crippen molar-refractivity contribution >= 4 is 11.6 Å². The normalized spacial score (nSPS) is 11.4. The predicted molar refractivity (Wildman–Crippen MR) is 59.2 cm³/mol. The molecule has 2 nitrogen and oxygen atoms in total. The summed E-state index contributed by atoms with van der Waals surface area (Å²) in [6.45, 7) is 6.54. The van der Waals surface area contributed by atoms with Gasteiger partial charge < -0.3 is 5.32 Å². The van der Waals surface area contributed by atoms with E-state index in [9.17, 15) is 13.6 Å². The van der Waals surface area contributed by atoms with E-state index in [1.54, 1.807) is 20.8 Å². The zero-order chi connectivity index (χ0) is 12.5. The van der Waals surface area contributed by atoms with Gasteiger partial charge in [-0.1, -0.05) is 26.8 Å². The van der Waals surface area contributed by atoms with Gasteiger partial charge in [-0.2, -0.15) is 0 Å². The number of anilines is 1. The average Bonchev–Trinajstić information content (AvgIpc) is 2.17. The van der Waals surface area contributed by atoms with Crippen LogP contribution >= 0.6 is 0 Å². The molecule has 1 rings (SSSR count). The van der Waals surface area contributed by atoms with Crippen LogP contribution in [-0.4, -0.2) is 5.91 Å². The van der Waals surface area contributed by atoms with Crippen LogP contribution in [0, 0.1) is 24.0 Å². The molecule has 1 N–H and O–H groups in total. The first-order valence-electron chi connectivity index (χ1n) is 4.99. The van der Waals surface area contributed by atoms with Crippen LogP contribution in [0.25, 0.3) is 0 Å². The van der Waals surface area contributed by atoms with E-state index in [2.05, 4.69) is 5.32 Å². The van der Waals surface area contributed by atoms with E-state index in [0.29, 0.717) is 5.56 Å². The molecule has 0 radical (unpaired) electrons. The fourth-order valence-electron chi connectivity index (χ4n) is 1.07. The molecule has 0 bridgehead atoms. The Hall–Kier alpha value is -1.45. The quantitative estimate of drug-likeness (QED) is 0.783. The molecule has 0 aliphatic rings. The van der Waals surface area contributed by atoms with E-state index in [1.807, 2.05) is 0 Å². The van der Waals surface area contributed by atoms with Crippen molar-refractivity contribution in [2.75, 3.05) is 5.32 Å². The van der Waals surface area contributed by atoms with Crippen LogP contribution in [0.2, 0.25) is 0 Å². The van der Waals surface area contributed by atoms with Crippen molar-refractivity contribution in [3.05, 3.63) is 29.3 Å². The monoisotopic (exact) mass is 227 g/mol. The Bertz CT molecular complexity index is 422. The van der Waals surface area contributed by atoms with Gasteiger partial charge in [-0.15, -0.1) is 0 Å². The summed E-state index contributed by atoms with van der Waals surface area (Å²) in [6, 6.07) is 2.47. The number of carbonyl (C=O) groups is 1. The fourth-order valence-corrected chi connectivity index (χ4v) is 1.07. The van der Waals surface area contributed by atoms with E-state index < -0.39 is 23.0 Å². The third-order valence-corrected chi connectivity index (χ3v) is 2.20. The summed E-state index contributed by atoms with van der Waals surface area (Å²) in [7, 11) is 0. The SMILES string of the molecule is Cc1ccc(F)c(NC(=O)C(C)(C)C)c1F. The molecular weight excluding hydrogens is 212 g/mol. The first-order chi connectivity index (χ1) is 7.23. The first-order valence-corrected chi connectivity index (χ1v) is 4.99. The maximum atomic E-state index is 13.6. The van der Waals surface area contributed by atoms with Gasteiger partial charge in [0.2, 0.25) is 5.91 Å². The molecule has 1 aromatic carbocycles. The van der Waals surface area contributed by atoms with Crippen molar-refractivity contribution in [1.82, 2.24) is 0 Å². The summed E-state index contributed by atoms with van der Waals surface area (Å²) in [5.74, 6) is -1.91. The van der Waals surface area contributed by atoms with E-state index >= 15 is 0 Å². The second kappa shape index (κ2) is 4.20. The lowest BCUT2D eigenvalue weighted by Crippen LogP contribution is -2.28. The zero-order valence-corrected chi connectivity index (χ0v) is 9.82. The first kappa shape index (κ1) is 12.6. The molecule has 0 saturated heterocycles. The van der Waals surface area contributed by atoms with Crippen LogP contribution in [-0.2, 0) is 4.79 Å². The van der Waals surface area contributed by atoms with Crippen molar-refractivity contribution in [2.45, 2.75) is 27.7 Å². The smallest absolute Gasteiger partial charge is 0.229 e. The Balaban J connectivity index is 3.07. The van der Waals surface area contributed by atoms with Gasteiger partial charge in [-0.3, -0.25) is 4.79 Å². The van der Waals surface area contributed by atoms with Gasteiger partial charge in [0, 0.05) is 5.41 Å². The Morgan fingerprint density at radius 2 is 1.81 bits per heavy atom. The van der Waals surface area contributed by atoms with Gasteiger partial charge in [-0.25, -0.2) is 8.78 Å². The molecule has 1 amide bonds. The molecule has 16 heavy (non-hydrogen) atoms. The predicted octanol–water partition coefficient (Wildman–Crippen LogP) is 3.26. The second-order valence-electron chi connectivity index (χ2n) is 4.76. The Kier molecular flexibility index (Phi) is 3.31. The standard InChI is InChI=1S/C12H15F2NO/c1-7-5-6-8(13)10(9(7)14)15-11(16)12(2,3)4/h5-6H,1-4H3,(H,15,16). The van der Waals surface area contributed by atoms with Gasteiger partial charge in [0.25, 0.3) is 0 Å². The molecule has 88 valence electrons. The maximum absolute atomic E-state index is 13.6. The van der Waals surface area contributed by atoms with Gasteiger partial charge in [-0.05, 0) is 18.6 Å². The number of aryl methyl sites for hydroxylation is 1. The minimum Gasteiger partial charge on any atom is -0.321 e. The molecule has 0 spiro atoms. The molecule has 1 aromatic rings. The highest BCUT2D eigenvalue weighted by Gasteiger charge is 2.24. The molecule has 0 saturated carbocycles. The number of benzene rings is 1. The number of nitrogens with one attached hydrogen (secondary N) is 1. The van der Waals surface area contributed by atoms with E-state index in [4.69, 9.17) is 0 Å². The lowest BCUT2D eigenvalue weighted by molar-refractivity contribution is -0.123. The summed E-state index contributed by atoms with van der Waals surface area (Å²) in [6.07, 6.45) is 0. The third kappa shape index (κ3) is 2.56. The van der Waals surface area contributed by atoms with Crippen LogP contribution in [0.15, 0.2) is 12.1 Å². The lowest BCUT2D eigenvalue weighted by Gasteiger charge is -2.18.